The van der Waals surface area contributed by atoms with E-state index in [1.807, 2.05) is 12.1 Å². The molecule has 2 heteroatoms. The predicted molar refractivity (Wildman–Crippen MR) is 74.5 cm³/mol. The number of halogens is 1. The van der Waals surface area contributed by atoms with E-state index in [0.29, 0.717) is 0 Å². The van der Waals surface area contributed by atoms with Gasteiger partial charge in [0.2, 0.25) is 0 Å². The first-order valence-electron chi connectivity index (χ1n) is 5.13. The van der Waals surface area contributed by atoms with Crippen LogP contribution < -0.4 is 5.46 Å². The van der Waals surface area contributed by atoms with E-state index in [9.17, 15) is 0 Å². The molecule has 0 heterocycles. The first-order valence-corrected chi connectivity index (χ1v) is 5.92. The van der Waals surface area contributed by atoms with E-state index >= 15 is 0 Å². The number of rotatable bonds is 0. The maximum Gasteiger partial charge on any atom is 0.114 e. The summed E-state index contributed by atoms with van der Waals surface area (Å²) < 4.78 is 1.12. The molecule has 0 saturated heterocycles. The highest BCUT2D eigenvalue weighted by Gasteiger charge is 2.03. The molecule has 0 unspecified atom stereocenters. The third-order valence-electron chi connectivity index (χ3n) is 2.90. The van der Waals surface area contributed by atoms with Crippen LogP contribution in [0.4, 0.5) is 0 Å². The lowest BCUT2D eigenvalue weighted by Gasteiger charge is -2.07. The molecule has 2 radical (unpaired) electrons. The van der Waals surface area contributed by atoms with E-state index < -0.39 is 0 Å². The minimum absolute atomic E-state index is 0.833. The quantitative estimate of drug-likeness (QED) is 0.431. The summed E-state index contributed by atoms with van der Waals surface area (Å²) in [5.41, 5.74) is 0.833. The molecule has 0 amide bonds. The lowest BCUT2D eigenvalue weighted by Crippen LogP contribution is -2.02. The van der Waals surface area contributed by atoms with Gasteiger partial charge in [-0.25, -0.2) is 0 Å². The van der Waals surface area contributed by atoms with E-state index in [1.54, 1.807) is 0 Å². The summed E-state index contributed by atoms with van der Waals surface area (Å²) >= 11 is 3.57. The normalized spacial score (nSPS) is 11.1. The van der Waals surface area contributed by atoms with Crippen molar-refractivity contribution in [2.75, 3.05) is 0 Å². The van der Waals surface area contributed by atoms with Gasteiger partial charge in [0.05, 0.1) is 0 Å². The predicted octanol–water partition coefficient (Wildman–Crippen LogP) is 3.55. The molecule has 0 fully saturated rings. The topological polar surface area (TPSA) is 0 Å². The molecule has 0 N–H and O–H groups in total. The number of hydrogen-bond acceptors (Lipinski definition) is 0. The van der Waals surface area contributed by atoms with Crippen LogP contribution in [0.3, 0.4) is 0 Å². The molecule has 0 aliphatic rings. The average molecular weight is 267 g/mol. The number of fused-ring (bicyclic) bond motifs is 3. The van der Waals surface area contributed by atoms with Crippen LogP contribution in [-0.4, -0.2) is 7.85 Å². The molecule has 0 aromatic heterocycles. The van der Waals surface area contributed by atoms with Crippen molar-refractivity contribution in [3.05, 3.63) is 53.0 Å². The fourth-order valence-electron chi connectivity index (χ4n) is 2.11. The van der Waals surface area contributed by atoms with E-state index in [4.69, 9.17) is 7.85 Å². The van der Waals surface area contributed by atoms with Gasteiger partial charge in [-0.2, -0.15) is 0 Å². The lowest BCUT2D eigenvalue weighted by atomic mass is 9.88. The standard InChI is InChI=1S/C14H8BBr/c15-13-5-1-3-9-10-4-2-6-14(16)12(10)8-7-11(9)13/h1-8H. The van der Waals surface area contributed by atoms with Crippen LogP contribution in [0.1, 0.15) is 0 Å². The maximum atomic E-state index is 5.97. The van der Waals surface area contributed by atoms with Crippen LogP contribution in [0.2, 0.25) is 0 Å². The SMILES string of the molecule is [B]c1cccc2c1ccc1c(Br)cccc12. The first kappa shape index (κ1) is 9.92. The molecule has 0 atom stereocenters. The van der Waals surface area contributed by atoms with Crippen molar-refractivity contribution < 1.29 is 0 Å². The zero-order valence-corrected chi connectivity index (χ0v) is 10.2. The van der Waals surface area contributed by atoms with Crippen molar-refractivity contribution >= 4 is 50.8 Å². The fourth-order valence-corrected chi connectivity index (χ4v) is 2.61. The van der Waals surface area contributed by atoms with Gasteiger partial charge in [0.25, 0.3) is 0 Å². The van der Waals surface area contributed by atoms with Gasteiger partial charge >= 0.3 is 0 Å². The number of benzene rings is 3. The molecule has 16 heavy (non-hydrogen) atoms. The largest absolute Gasteiger partial charge is 0.114 e. The van der Waals surface area contributed by atoms with Gasteiger partial charge in [-0.3, -0.25) is 0 Å². The summed E-state index contributed by atoms with van der Waals surface area (Å²) in [6.45, 7) is 0. The van der Waals surface area contributed by atoms with Crippen molar-refractivity contribution in [3.63, 3.8) is 0 Å². The number of hydrogen-bond donors (Lipinski definition) is 0. The highest BCUT2D eigenvalue weighted by Crippen LogP contribution is 2.29. The summed E-state index contributed by atoms with van der Waals surface area (Å²) in [7, 11) is 5.97. The molecule has 3 aromatic carbocycles. The van der Waals surface area contributed by atoms with Gasteiger partial charge in [-0.1, -0.05) is 63.9 Å². The zero-order valence-electron chi connectivity index (χ0n) is 8.57. The van der Waals surface area contributed by atoms with Crippen molar-refractivity contribution in [1.82, 2.24) is 0 Å². The third kappa shape index (κ3) is 1.37. The monoisotopic (exact) mass is 266 g/mol. The second-order valence-corrected chi connectivity index (χ2v) is 4.70. The second-order valence-electron chi connectivity index (χ2n) is 3.84. The fraction of sp³-hybridized carbons (Fsp3) is 0. The highest BCUT2D eigenvalue weighted by molar-refractivity contribution is 9.10. The Balaban J connectivity index is 2.60. The molecule has 3 aromatic rings. The highest BCUT2D eigenvalue weighted by atomic mass is 79.9. The van der Waals surface area contributed by atoms with Crippen molar-refractivity contribution in [2.45, 2.75) is 0 Å². The Morgan fingerprint density at radius 2 is 1.31 bits per heavy atom. The van der Waals surface area contributed by atoms with Crippen LogP contribution in [0.15, 0.2) is 53.0 Å². The second kappa shape index (κ2) is 3.64. The van der Waals surface area contributed by atoms with Gasteiger partial charge in [0.1, 0.15) is 7.85 Å². The smallest absolute Gasteiger partial charge is 0.0890 e. The summed E-state index contributed by atoms with van der Waals surface area (Å²) in [5.74, 6) is 0. The molecule has 74 valence electrons. The van der Waals surface area contributed by atoms with Gasteiger partial charge < -0.3 is 0 Å². The average Bonchev–Trinajstić information content (AvgIpc) is 2.30. The molecule has 0 saturated carbocycles. The Bertz CT molecular complexity index is 628. The Morgan fingerprint density at radius 1 is 0.688 bits per heavy atom. The first-order chi connectivity index (χ1) is 7.77. The minimum atomic E-state index is 0.833. The van der Waals surface area contributed by atoms with Crippen LogP contribution in [0.25, 0.3) is 21.5 Å². The van der Waals surface area contributed by atoms with Crippen molar-refractivity contribution in [3.8, 4) is 0 Å². The van der Waals surface area contributed by atoms with Crippen molar-refractivity contribution in [1.29, 1.82) is 0 Å². The maximum absolute atomic E-state index is 5.97. The summed E-state index contributed by atoms with van der Waals surface area (Å²) in [6, 6.07) is 16.5. The van der Waals surface area contributed by atoms with Crippen LogP contribution in [0.5, 0.6) is 0 Å². The van der Waals surface area contributed by atoms with Crippen LogP contribution in [-0.2, 0) is 0 Å². The molecular weight excluding hydrogens is 259 g/mol. The Hall–Kier alpha value is -1.28. The van der Waals surface area contributed by atoms with Gasteiger partial charge in [0.15, 0.2) is 0 Å². The van der Waals surface area contributed by atoms with Gasteiger partial charge in [0, 0.05) is 4.47 Å². The van der Waals surface area contributed by atoms with Gasteiger partial charge in [-0.15, -0.1) is 0 Å². The van der Waals surface area contributed by atoms with E-state index in [2.05, 4.69) is 52.3 Å². The molecule has 0 nitrogen and oxygen atoms in total. The van der Waals surface area contributed by atoms with Crippen molar-refractivity contribution in [2.24, 2.45) is 0 Å². The molecule has 3 rings (SSSR count). The Kier molecular flexibility index (Phi) is 2.25. The molecule has 0 aliphatic heterocycles. The summed E-state index contributed by atoms with van der Waals surface area (Å²) in [4.78, 5) is 0. The molecule has 0 aliphatic carbocycles. The van der Waals surface area contributed by atoms with Crippen LogP contribution >= 0.6 is 15.9 Å². The molecular formula is C14H8BBr. The van der Waals surface area contributed by atoms with Crippen LogP contribution in [0, 0.1) is 0 Å². The third-order valence-corrected chi connectivity index (χ3v) is 3.59. The molecule has 0 bridgehead atoms. The Morgan fingerprint density at radius 3 is 2.12 bits per heavy atom. The lowest BCUT2D eigenvalue weighted by molar-refractivity contribution is 1.74. The van der Waals surface area contributed by atoms with E-state index in [1.165, 1.54) is 16.2 Å². The zero-order chi connectivity index (χ0) is 11.1. The summed E-state index contributed by atoms with van der Waals surface area (Å²) in [5, 5.41) is 4.78. The van der Waals surface area contributed by atoms with E-state index in [0.717, 1.165) is 15.3 Å². The Labute approximate surface area is 104 Å². The van der Waals surface area contributed by atoms with E-state index in [-0.39, 0.29) is 0 Å². The van der Waals surface area contributed by atoms with Gasteiger partial charge in [-0.05, 0) is 27.6 Å². The molecule has 0 spiro atoms. The minimum Gasteiger partial charge on any atom is -0.0890 e. The summed E-state index contributed by atoms with van der Waals surface area (Å²) in [6.07, 6.45) is 0.